The van der Waals surface area contributed by atoms with Gasteiger partial charge in [0.1, 0.15) is 6.33 Å². The van der Waals surface area contributed by atoms with Crippen molar-refractivity contribution in [2.24, 2.45) is 0 Å². The van der Waals surface area contributed by atoms with E-state index >= 15 is 0 Å². The fraction of sp³-hybridized carbons (Fsp3) is 0.0667. The van der Waals surface area contributed by atoms with E-state index in [1.54, 1.807) is 10.7 Å². The Morgan fingerprint density at radius 2 is 1.95 bits per heavy atom. The third-order valence-corrected chi connectivity index (χ3v) is 3.15. The number of para-hydroxylation sites is 1. The molecule has 21 heavy (non-hydrogen) atoms. The third-order valence-electron chi connectivity index (χ3n) is 2.84. The summed E-state index contributed by atoms with van der Waals surface area (Å²) in [5.41, 5.74) is 1.53. The van der Waals surface area contributed by atoms with Crippen LogP contribution in [0, 0.1) is 5.82 Å². The first-order valence-electron chi connectivity index (χ1n) is 6.25. The number of alkyl halides is 1. The number of hydrogen-bond acceptors (Lipinski definition) is 3. The second kappa shape index (κ2) is 5.93. The topological polar surface area (TPSA) is 39.9 Å². The molecule has 0 spiro atoms. The maximum Gasteiger partial charge on any atom is 0.341 e. The minimum Gasteiger partial charge on any atom is -0.420 e. The molecule has 0 aliphatic carbocycles. The fourth-order valence-corrected chi connectivity index (χ4v) is 1.97. The van der Waals surface area contributed by atoms with Gasteiger partial charge in [0.2, 0.25) is 0 Å². The normalized spacial score (nSPS) is 10.6. The van der Waals surface area contributed by atoms with Crippen LogP contribution in [0.1, 0.15) is 5.56 Å². The van der Waals surface area contributed by atoms with Crippen molar-refractivity contribution >= 4 is 11.6 Å². The number of ether oxygens (including phenoxy) is 1. The molecule has 0 fully saturated rings. The molecule has 0 saturated carbocycles. The number of nitrogens with zero attached hydrogens (tertiary/aromatic N) is 3. The molecule has 0 radical (unpaired) electrons. The van der Waals surface area contributed by atoms with E-state index in [9.17, 15) is 4.39 Å². The van der Waals surface area contributed by atoms with Crippen molar-refractivity contribution in [2.75, 3.05) is 0 Å². The van der Waals surface area contributed by atoms with E-state index in [0.29, 0.717) is 5.56 Å². The Balaban J connectivity index is 1.82. The van der Waals surface area contributed by atoms with E-state index in [0.717, 1.165) is 5.69 Å². The molecule has 106 valence electrons. The Morgan fingerprint density at radius 1 is 1.14 bits per heavy atom. The summed E-state index contributed by atoms with van der Waals surface area (Å²) in [7, 11) is 0. The maximum atomic E-state index is 13.8. The summed E-state index contributed by atoms with van der Waals surface area (Å²) in [4.78, 5) is 4.01. The predicted octanol–water partition coefficient (Wildman–Crippen LogP) is 3.94. The average Bonchev–Trinajstić information content (AvgIpc) is 2.99. The monoisotopic (exact) mass is 303 g/mol. The molecule has 0 bridgehead atoms. The average molecular weight is 304 g/mol. The van der Waals surface area contributed by atoms with Gasteiger partial charge in [-0.1, -0.05) is 24.3 Å². The highest BCUT2D eigenvalue weighted by molar-refractivity contribution is 6.17. The largest absolute Gasteiger partial charge is 0.420 e. The zero-order chi connectivity index (χ0) is 14.7. The van der Waals surface area contributed by atoms with Crippen LogP contribution in [0.4, 0.5) is 4.39 Å². The van der Waals surface area contributed by atoms with Crippen LogP contribution in [-0.4, -0.2) is 14.8 Å². The van der Waals surface area contributed by atoms with Crippen LogP contribution in [0.25, 0.3) is 5.69 Å². The zero-order valence-electron chi connectivity index (χ0n) is 10.9. The van der Waals surface area contributed by atoms with Crippen molar-refractivity contribution in [3.63, 3.8) is 0 Å². The summed E-state index contributed by atoms with van der Waals surface area (Å²) < 4.78 is 20.7. The van der Waals surface area contributed by atoms with Crippen molar-refractivity contribution in [1.82, 2.24) is 14.8 Å². The van der Waals surface area contributed by atoms with Gasteiger partial charge in [-0.15, -0.1) is 16.7 Å². The van der Waals surface area contributed by atoms with E-state index in [1.165, 1.54) is 18.5 Å². The molecule has 0 unspecified atom stereocenters. The SMILES string of the molecule is Fc1cc(CCl)ccc1Oc1ncn(-c2ccccc2)n1. The standard InChI is InChI=1S/C15H11ClFN3O/c16-9-11-6-7-14(13(17)8-11)21-15-18-10-20(19-15)12-4-2-1-3-5-12/h1-8,10H,9H2. The van der Waals surface area contributed by atoms with Crippen LogP contribution in [0.15, 0.2) is 54.9 Å². The Bertz CT molecular complexity index is 746. The van der Waals surface area contributed by atoms with E-state index in [4.69, 9.17) is 16.3 Å². The molecule has 1 heterocycles. The highest BCUT2D eigenvalue weighted by Gasteiger charge is 2.09. The minimum absolute atomic E-state index is 0.0645. The van der Waals surface area contributed by atoms with Gasteiger partial charge in [-0.2, -0.15) is 4.98 Å². The number of aromatic nitrogens is 3. The Labute approximate surface area is 125 Å². The molecule has 0 amide bonds. The van der Waals surface area contributed by atoms with Crippen LogP contribution >= 0.6 is 11.6 Å². The molecule has 3 rings (SSSR count). The van der Waals surface area contributed by atoms with Gasteiger partial charge in [0.25, 0.3) is 0 Å². The molecule has 3 aromatic rings. The second-order valence-electron chi connectivity index (χ2n) is 4.31. The first-order valence-corrected chi connectivity index (χ1v) is 6.79. The number of benzene rings is 2. The first-order chi connectivity index (χ1) is 10.3. The van der Waals surface area contributed by atoms with E-state index in [-0.39, 0.29) is 17.6 Å². The van der Waals surface area contributed by atoms with Gasteiger partial charge in [0.05, 0.1) is 5.69 Å². The Kier molecular flexibility index (Phi) is 3.83. The summed E-state index contributed by atoms with van der Waals surface area (Å²) >= 11 is 5.65. The van der Waals surface area contributed by atoms with Gasteiger partial charge >= 0.3 is 6.01 Å². The van der Waals surface area contributed by atoms with Gasteiger partial charge in [-0.3, -0.25) is 0 Å². The molecular weight excluding hydrogens is 293 g/mol. The smallest absolute Gasteiger partial charge is 0.341 e. The lowest BCUT2D eigenvalue weighted by atomic mass is 10.2. The highest BCUT2D eigenvalue weighted by Crippen LogP contribution is 2.23. The van der Waals surface area contributed by atoms with Gasteiger partial charge in [0, 0.05) is 5.88 Å². The van der Waals surface area contributed by atoms with Crippen molar-refractivity contribution in [2.45, 2.75) is 5.88 Å². The molecule has 0 saturated heterocycles. The van der Waals surface area contributed by atoms with Crippen molar-refractivity contribution in [3.05, 3.63) is 66.2 Å². The molecule has 0 aliphatic heterocycles. The lowest BCUT2D eigenvalue weighted by Crippen LogP contribution is -1.95. The molecule has 1 aromatic heterocycles. The summed E-state index contributed by atoms with van der Waals surface area (Å²) in [5, 5.41) is 4.15. The zero-order valence-corrected chi connectivity index (χ0v) is 11.7. The predicted molar refractivity (Wildman–Crippen MR) is 77.4 cm³/mol. The van der Waals surface area contributed by atoms with Crippen molar-refractivity contribution < 1.29 is 9.13 Å². The first kappa shape index (κ1) is 13.6. The molecule has 2 aromatic carbocycles. The van der Waals surface area contributed by atoms with Crippen LogP contribution in [0.3, 0.4) is 0 Å². The molecule has 0 aliphatic rings. The minimum atomic E-state index is -0.496. The van der Waals surface area contributed by atoms with Gasteiger partial charge in [-0.05, 0) is 29.8 Å². The Hall–Kier alpha value is -2.40. The van der Waals surface area contributed by atoms with Crippen LogP contribution in [-0.2, 0) is 5.88 Å². The van der Waals surface area contributed by atoms with Gasteiger partial charge < -0.3 is 4.74 Å². The molecule has 4 nitrogen and oxygen atoms in total. The quantitative estimate of drug-likeness (QED) is 0.685. The van der Waals surface area contributed by atoms with Gasteiger partial charge in [-0.25, -0.2) is 9.07 Å². The van der Waals surface area contributed by atoms with Crippen molar-refractivity contribution in [3.8, 4) is 17.4 Å². The number of halogens is 2. The lowest BCUT2D eigenvalue weighted by molar-refractivity contribution is 0.410. The van der Waals surface area contributed by atoms with Gasteiger partial charge in [0.15, 0.2) is 11.6 Å². The third kappa shape index (κ3) is 3.03. The lowest BCUT2D eigenvalue weighted by Gasteiger charge is -2.04. The maximum absolute atomic E-state index is 13.8. The molecular formula is C15H11ClFN3O. The fourth-order valence-electron chi connectivity index (χ4n) is 1.81. The number of rotatable bonds is 4. The van der Waals surface area contributed by atoms with E-state index < -0.39 is 5.82 Å². The summed E-state index contributed by atoms with van der Waals surface area (Å²) in [6.07, 6.45) is 1.51. The summed E-state index contributed by atoms with van der Waals surface area (Å²) in [5.74, 6) is -0.183. The highest BCUT2D eigenvalue weighted by atomic mass is 35.5. The van der Waals surface area contributed by atoms with E-state index in [2.05, 4.69) is 10.1 Å². The number of hydrogen-bond donors (Lipinski definition) is 0. The molecule has 6 heteroatoms. The Morgan fingerprint density at radius 3 is 2.67 bits per heavy atom. The molecule has 0 atom stereocenters. The van der Waals surface area contributed by atoms with Crippen molar-refractivity contribution in [1.29, 1.82) is 0 Å². The van der Waals surface area contributed by atoms with Crippen LogP contribution in [0.2, 0.25) is 0 Å². The van der Waals surface area contributed by atoms with Crippen LogP contribution in [0.5, 0.6) is 11.8 Å². The van der Waals surface area contributed by atoms with Crippen LogP contribution < -0.4 is 4.74 Å². The second-order valence-corrected chi connectivity index (χ2v) is 4.57. The molecule has 0 N–H and O–H groups in total. The summed E-state index contributed by atoms with van der Waals surface area (Å²) in [6, 6.07) is 14.1. The summed E-state index contributed by atoms with van der Waals surface area (Å²) in [6.45, 7) is 0. The van der Waals surface area contributed by atoms with E-state index in [1.807, 2.05) is 30.3 Å².